The highest BCUT2D eigenvalue weighted by Crippen LogP contribution is 2.37. The van der Waals surface area contributed by atoms with Gasteiger partial charge in [0.05, 0.1) is 24.3 Å². The molecule has 0 aliphatic carbocycles. The van der Waals surface area contributed by atoms with E-state index in [4.69, 9.17) is 4.74 Å². The minimum Gasteiger partial charge on any atom is -0.373 e. The molecule has 1 amide bonds. The lowest BCUT2D eigenvalue weighted by Gasteiger charge is -2.23. The van der Waals surface area contributed by atoms with Crippen molar-refractivity contribution in [3.8, 4) is 0 Å². The van der Waals surface area contributed by atoms with E-state index in [0.29, 0.717) is 11.5 Å². The zero-order chi connectivity index (χ0) is 12.6. The van der Waals surface area contributed by atoms with Crippen LogP contribution in [0.4, 0.5) is 0 Å². The van der Waals surface area contributed by atoms with E-state index >= 15 is 0 Å². The van der Waals surface area contributed by atoms with Gasteiger partial charge in [0.25, 0.3) is 5.91 Å². The third-order valence-corrected chi connectivity index (χ3v) is 3.91. The second kappa shape index (κ2) is 4.35. The molecule has 3 heterocycles. The van der Waals surface area contributed by atoms with Crippen LogP contribution in [0.2, 0.25) is 0 Å². The fourth-order valence-corrected chi connectivity index (χ4v) is 3.05. The summed E-state index contributed by atoms with van der Waals surface area (Å²) in [5, 5.41) is 0. The molecule has 0 bridgehead atoms. The number of hydrogen-bond acceptors (Lipinski definition) is 3. The fraction of sp³-hybridized carbons (Fsp3) is 0.571. The second-order valence-electron chi connectivity index (χ2n) is 5.52. The van der Waals surface area contributed by atoms with Crippen LogP contribution in [-0.2, 0) is 4.74 Å². The molecule has 4 heteroatoms. The van der Waals surface area contributed by atoms with Gasteiger partial charge in [0.1, 0.15) is 0 Å². The Hall–Kier alpha value is -1.42. The number of aromatic nitrogens is 1. The number of carbonyl (C=O) groups excluding carboxylic acids is 1. The molecule has 0 unspecified atom stereocenters. The lowest BCUT2D eigenvalue weighted by Crippen LogP contribution is -2.35. The van der Waals surface area contributed by atoms with Gasteiger partial charge in [-0.15, -0.1) is 0 Å². The Labute approximate surface area is 107 Å². The summed E-state index contributed by atoms with van der Waals surface area (Å²) in [6.07, 6.45) is 5.35. The fourth-order valence-electron chi connectivity index (χ4n) is 3.05. The molecule has 3 rings (SSSR count). The standard InChI is InChI=1S/C14H18N2O2/c1-11-7-14(18-9-11)4-6-16(10-14)13(17)12-3-2-5-15-8-12/h2-3,5,8,11H,4,6-7,9-10H2,1H3/t11-,14-/m1/s1. The third kappa shape index (κ3) is 2.01. The van der Waals surface area contributed by atoms with Crippen molar-refractivity contribution >= 4 is 5.91 Å². The van der Waals surface area contributed by atoms with Gasteiger partial charge < -0.3 is 9.64 Å². The number of ether oxygens (including phenoxy) is 1. The van der Waals surface area contributed by atoms with Crippen molar-refractivity contribution in [2.45, 2.75) is 25.4 Å². The van der Waals surface area contributed by atoms with Crippen LogP contribution in [0.15, 0.2) is 24.5 Å². The van der Waals surface area contributed by atoms with Crippen LogP contribution in [0.25, 0.3) is 0 Å². The average molecular weight is 246 g/mol. The predicted molar refractivity (Wildman–Crippen MR) is 67.2 cm³/mol. The molecule has 1 spiro atoms. The molecule has 2 atom stereocenters. The van der Waals surface area contributed by atoms with E-state index in [1.165, 1.54) is 0 Å². The Balaban J connectivity index is 1.71. The van der Waals surface area contributed by atoms with E-state index in [9.17, 15) is 4.79 Å². The summed E-state index contributed by atoms with van der Waals surface area (Å²) in [5.74, 6) is 0.682. The molecule has 2 fully saturated rings. The number of carbonyl (C=O) groups is 1. The van der Waals surface area contributed by atoms with Crippen molar-refractivity contribution in [2.75, 3.05) is 19.7 Å². The number of likely N-dealkylation sites (tertiary alicyclic amines) is 1. The molecule has 1 aromatic heterocycles. The molecule has 0 radical (unpaired) electrons. The number of hydrogen-bond donors (Lipinski definition) is 0. The van der Waals surface area contributed by atoms with Crippen LogP contribution in [0.5, 0.6) is 0 Å². The summed E-state index contributed by atoms with van der Waals surface area (Å²) in [4.78, 5) is 18.2. The number of amides is 1. The van der Waals surface area contributed by atoms with E-state index in [1.54, 1.807) is 18.5 Å². The van der Waals surface area contributed by atoms with Crippen LogP contribution < -0.4 is 0 Å². The SMILES string of the molecule is C[C@H]1CO[C@]2(CCN(C(=O)c3cccnc3)C2)C1. The maximum atomic E-state index is 12.3. The van der Waals surface area contributed by atoms with Crippen molar-refractivity contribution in [3.05, 3.63) is 30.1 Å². The number of rotatable bonds is 1. The monoisotopic (exact) mass is 246 g/mol. The maximum Gasteiger partial charge on any atom is 0.255 e. The zero-order valence-corrected chi connectivity index (χ0v) is 10.6. The van der Waals surface area contributed by atoms with E-state index in [-0.39, 0.29) is 11.5 Å². The Kier molecular flexibility index (Phi) is 2.82. The Bertz CT molecular complexity index is 448. The van der Waals surface area contributed by atoms with E-state index < -0.39 is 0 Å². The van der Waals surface area contributed by atoms with Gasteiger partial charge >= 0.3 is 0 Å². The summed E-state index contributed by atoms with van der Waals surface area (Å²) in [7, 11) is 0. The first kappa shape index (κ1) is 11.7. The average Bonchev–Trinajstić information content (AvgIpc) is 2.97. The van der Waals surface area contributed by atoms with Crippen molar-refractivity contribution in [1.29, 1.82) is 0 Å². The summed E-state index contributed by atoms with van der Waals surface area (Å²) < 4.78 is 5.92. The number of nitrogens with zero attached hydrogens (tertiary/aromatic N) is 2. The highest BCUT2D eigenvalue weighted by molar-refractivity contribution is 5.94. The smallest absolute Gasteiger partial charge is 0.255 e. The normalized spacial score (nSPS) is 31.2. The van der Waals surface area contributed by atoms with Gasteiger partial charge in [-0.1, -0.05) is 6.92 Å². The highest BCUT2D eigenvalue weighted by Gasteiger charge is 2.45. The molecule has 0 aromatic carbocycles. The Morgan fingerprint density at radius 2 is 2.50 bits per heavy atom. The summed E-state index contributed by atoms with van der Waals surface area (Å²) >= 11 is 0. The minimum absolute atomic E-state index is 0.0721. The van der Waals surface area contributed by atoms with E-state index in [0.717, 1.165) is 32.5 Å². The molecule has 2 aliphatic heterocycles. The van der Waals surface area contributed by atoms with Crippen molar-refractivity contribution < 1.29 is 9.53 Å². The maximum absolute atomic E-state index is 12.3. The second-order valence-corrected chi connectivity index (χ2v) is 5.52. The third-order valence-electron chi connectivity index (χ3n) is 3.91. The van der Waals surface area contributed by atoms with Crippen molar-refractivity contribution in [2.24, 2.45) is 5.92 Å². The van der Waals surface area contributed by atoms with Crippen LogP contribution >= 0.6 is 0 Å². The Morgan fingerprint density at radius 1 is 1.61 bits per heavy atom. The van der Waals surface area contributed by atoms with E-state index in [1.807, 2.05) is 11.0 Å². The van der Waals surface area contributed by atoms with Gasteiger partial charge in [0.15, 0.2) is 0 Å². The zero-order valence-electron chi connectivity index (χ0n) is 10.6. The quantitative estimate of drug-likeness (QED) is 0.757. The summed E-state index contributed by atoms with van der Waals surface area (Å²) in [6, 6.07) is 3.62. The van der Waals surface area contributed by atoms with Gasteiger partial charge in [-0.05, 0) is 30.9 Å². The lowest BCUT2D eigenvalue weighted by atomic mass is 9.94. The number of pyridine rings is 1. The van der Waals surface area contributed by atoms with Gasteiger partial charge in [0, 0.05) is 18.9 Å². The first-order valence-corrected chi connectivity index (χ1v) is 6.52. The van der Waals surface area contributed by atoms with Crippen LogP contribution in [-0.4, -0.2) is 41.1 Å². The first-order chi connectivity index (χ1) is 8.69. The van der Waals surface area contributed by atoms with Gasteiger partial charge in [-0.2, -0.15) is 0 Å². The van der Waals surface area contributed by atoms with E-state index in [2.05, 4.69) is 11.9 Å². The van der Waals surface area contributed by atoms with Gasteiger partial charge in [-0.25, -0.2) is 0 Å². The topological polar surface area (TPSA) is 42.4 Å². The molecule has 0 saturated carbocycles. The minimum atomic E-state index is -0.0721. The molecule has 96 valence electrons. The molecule has 4 nitrogen and oxygen atoms in total. The predicted octanol–water partition coefficient (Wildman–Crippen LogP) is 1.72. The molecular weight excluding hydrogens is 228 g/mol. The van der Waals surface area contributed by atoms with Gasteiger partial charge in [-0.3, -0.25) is 9.78 Å². The molecular formula is C14H18N2O2. The molecule has 18 heavy (non-hydrogen) atoms. The molecule has 0 N–H and O–H groups in total. The Morgan fingerprint density at radius 3 is 3.17 bits per heavy atom. The molecule has 2 saturated heterocycles. The lowest BCUT2D eigenvalue weighted by molar-refractivity contribution is 0.0118. The summed E-state index contributed by atoms with van der Waals surface area (Å²) in [5.41, 5.74) is 0.595. The highest BCUT2D eigenvalue weighted by atomic mass is 16.5. The largest absolute Gasteiger partial charge is 0.373 e. The molecule has 2 aliphatic rings. The molecule has 1 aromatic rings. The van der Waals surface area contributed by atoms with Crippen molar-refractivity contribution in [1.82, 2.24) is 9.88 Å². The van der Waals surface area contributed by atoms with Crippen molar-refractivity contribution in [3.63, 3.8) is 0 Å². The van der Waals surface area contributed by atoms with Crippen LogP contribution in [0, 0.1) is 5.92 Å². The first-order valence-electron chi connectivity index (χ1n) is 6.52. The van der Waals surface area contributed by atoms with Gasteiger partial charge in [0.2, 0.25) is 0 Å². The van der Waals surface area contributed by atoms with Crippen LogP contribution in [0.3, 0.4) is 0 Å². The summed E-state index contributed by atoms with van der Waals surface area (Å²) in [6.45, 7) is 4.56. The van der Waals surface area contributed by atoms with Crippen LogP contribution in [0.1, 0.15) is 30.1 Å².